The summed E-state index contributed by atoms with van der Waals surface area (Å²) < 4.78 is 5.63. The number of hydrogen-bond donors (Lipinski definition) is 1. The summed E-state index contributed by atoms with van der Waals surface area (Å²) in [6, 6.07) is 3.68. The predicted octanol–water partition coefficient (Wildman–Crippen LogP) is 1.96. The summed E-state index contributed by atoms with van der Waals surface area (Å²) in [5, 5.41) is 9.18. The summed E-state index contributed by atoms with van der Waals surface area (Å²) >= 11 is 0. The molecule has 1 spiro atoms. The van der Waals surface area contributed by atoms with Crippen molar-refractivity contribution in [3.05, 3.63) is 24.5 Å². The number of aromatic nitrogens is 1. The van der Waals surface area contributed by atoms with Crippen molar-refractivity contribution >= 4 is 11.8 Å². The summed E-state index contributed by atoms with van der Waals surface area (Å²) in [6.07, 6.45) is 6.60. The number of aliphatic hydroxyl groups is 1. The van der Waals surface area contributed by atoms with Crippen LogP contribution in [0.15, 0.2) is 24.5 Å². The van der Waals surface area contributed by atoms with Crippen LogP contribution in [0.4, 0.5) is 10.5 Å². The molecule has 5 heteroatoms. The molecule has 102 valence electrons. The maximum Gasteiger partial charge on any atom is 0.415 e. The van der Waals surface area contributed by atoms with Crippen LogP contribution in [0.3, 0.4) is 0 Å². The van der Waals surface area contributed by atoms with Gasteiger partial charge in [0.1, 0.15) is 5.60 Å². The minimum atomic E-state index is -0.363. The van der Waals surface area contributed by atoms with Gasteiger partial charge in [0.25, 0.3) is 0 Å². The van der Waals surface area contributed by atoms with Crippen molar-refractivity contribution in [3.63, 3.8) is 0 Å². The van der Waals surface area contributed by atoms with E-state index in [1.54, 1.807) is 17.3 Å². The zero-order valence-corrected chi connectivity index (χ0v) is 10.8. The van der Waals surface area contributed by atoms with Crippen molar-refractivity contribution in [2.75, 3.05) is 18.1 Å². The first-order valence-electron chi connectivity index (χ1n) is 6.74. The SMILES string of the molecule is O=C1OC2(CCC(CO)CC2)CN1c1cccnc1. The Kier molecular flexibility index (Phi) is 3.14. The number of hydrogen-bond acceptors (Lipinski definition) is 4. The molecule has 5 nitrogen and oxygen atoms in total. The zero-order valence-electron chi connectivity index (χ0n) is 10.8. The topological polar surface area (TPSA) is 62.7 Å². The molecule has 3 rings (SSSR count). The van der Waals surface area contributed by atoms with Crippen LogP contribution < -0.4 is 4.90 Å². The van der Waals surface area contributed by atoms with Crippen LogP contribution in [0.1, 0.15) is 25.7 Å². The Bertz CT molecular complexity index is 455. The van der Waals surface area contributed by atoms with E-state index in [4.69, 9.17) is 4.74 Å². The molecule has 0 bridgehead atoms. The number of rotatable bonds is 2. The zero-order chi connectivity index (χ0) is 13.3. The van der Waals surface area contributed by atoms with E-state index >= 15 is 0 Å². The van der Waals surface area contributed by atoms with Gasteiger partial charge in [-0.05, 0) is 43.7 Å². The highest BCUT2D eigenvalue weighted by molar-refractivity contribution is 5.90. The summed E-state index contributed by atoms with van der Waals surface area (Å²) in [6.45, 7) is 0.825. The lowest BCUT2D eigenvalue weighted by Gasteiger charge is -2.34. The summed E-state index contributed by atoms with van der Waals surface area (Å²) in [5.74, 6) is 0.358. The fraction of sp³-hybridized carbons (Fsp3) is 0.571. The van der Waals surface area contributed by atoms with E-state index in [9.17, 15) is 9.90 Å². The third-order valence-electron chi connectivity index (χ3n) is 4.20. The second-order valence-corrected chi connectivity index (χ2v) is 5.47. The van der Waals surface area contributed by atoms with Crippen molar-refractivity contribution in [2.45, 2.75) is 31.3 Å². The first kappa shape index (κ1) is 12.4. The lowest BCUT2D eigenvalue weighted by Crippen LogP contribution is -2.39. The Morgan fingerprint density at radius 2 is 2.26 bits per heavy atom. The van der Waals surface area contributed by atoms with E-state index in [1.165, 1.54) is 0 Å². The number of ether oxygens (including phenoxy) is 1. The molecule has 2 fully saturated rings. The molecule has 1 saturated heterocycles. The number of amides is 1. The van der Waals surface area contributed by atoms with Crippen LogP contribution in [0, 0.1) is 5.92 Å². The molecule has 1 amide bonds. The minimum Gasteiger partial charge on any atom is -0.441 e. The van der Waals surface area contributed by atoms with Gasteiger partial charge in [-0.2, -0.15) is 0 Å². The maximum absolute atomic E-state index is 12.0. The number of aliphatic hydroxyl groups excluding tert-OH is 1. The minimum absolute atomic E-state index is 0.232. The Hall–Kier alpha value is -1.62. The van der Waals surface area contributed by atoms with Crippen molar-refractivity contribution in [3.8, 4) is 0 Å². The van der Waals surface area contributed by atoms with E-state index in [2.05, 4.69) is 4.98 Å². The number of nitrogens with zero attached hydrogens (tertiary/aromatic N) is 2. The van der Waals surface area contributed by atoms with Crippen LogP contribution in [-0.4, -0.2) is 34.9 Å². The fourth-order valence-electron chi connectivity index (χ4n) is 2.98. The molecule has 1 aliphatic carbocycles. The lowest BCUT2D eigenvalue weighted by atomic mass is 9.79. The lowest BCUT2D eigenvalue weighted by molar-refractivity contribution is 0.00558. The van der Waals surface area contributed by atoms with Crippen molar-refractivity contribution in [1.29, 1.82) is 0 Å². The largest absolute Gasteiger partial charge is 0.441 e. The number of carbonyl (C=O) groups excluding carboxylic acids is 1. The van der Waals surface area contributed by atoms with Gasteiger partial charge >= 0.3 is 6.09 Å². The molecule has 0 aromatic carbocycles. The van der Waals surface area contributed by atoms with Crippen LogP contribution in [0.5, 0.6) is 0 Å². The van der Waals surface area contributed by atoms with Crippen LogP contribution in [0.25, 0.3) is 0 Å². The summed E-state index contributed by atoms with van der Waals surface area (Å²) in [5.41, 5.74) is 0.423. The second-order valence-electron chi connectivity index (χ2n) is 5.47. The normalized spacial score (nSPS) is 30.7. The van der Waals surface area contributed by atoms with E-state index in [0.717, 1.165) is 31.4 Å². The first-order chi connectivity index (χ1) is 9.22. The van der Waals surface area contributed by atoms with Gasteiger partial charge in [0.15, 0.2) is 0 Å². The van der Waals surface area contributed by atoms with E-state index in [0.29, 0.717) is 12.5 Å². The highest BCUT2D eigenvalue weighted by Gasteiger charge is 2.47. The van der Waals surface area contributed by atoms with Gasteiger partial charge in [0.2, 0.25) is 0 Å². The molecule has 2 aliphatic rings. The van der Waals surface area contributed by atoms with Gasteiger partial charge in [-0.3, -0.25) is 9.88 Å². The van der Waals surface area contributed by atoms with Gasteiger partial charge < -0.3 is 9.84 Å². The Labute approximate surface area is 112 Å². The third kappa shape index (κ3) is 2.30. The average molecular weight is 262 g/mol. The molecule has 19 heavy (non-hydrogen) atoms. The van der Waals surface area contributed by atoms with Gasteiger partial charge in [0, 0.05) is 12.8 Å². The van der Waals surface area contributed by atoms with Crippen LogP contribution in [0.2, 0.25) is 0 Å². The standard InChI is InChI=1S/C14H18N2O3/c17-9-11-3-5-14(6-4-11)10-16(13(18)19-14)12-2-1-7-15-8-12/h1-2,7-8,11,17H,3-6,9-10H2. The molecule has 2 heterocycles. The fourth-order valence-corrected chi connectivity index (χ4v) is 2.98. The molecule has 0 unspecified atom stereocenters. The quantitative estimate of drug-likeness (QED) is 0.885. The summed E-state index contributed by atoms with van der Waals surface area (Å²) in [4.78, 5) is 17.7. The molecule has 1 aromatic rings. The third-order valence-corrected chi connectivity index (χ3v) is 4.20. The van der Waals surface area contributed by atoms with Gasteiger partial charge in [-0.15, -0.1) is 0 Å². The van der Waals surface area contributed by atoms with E-state index in [1.807, 2.05) is 12.1 Å². The predicted molar refractivity (Wildman–Crippen MR) is 69.8 cm³/mol. The Balaban J connectivity index is 1.74. The molecule has 0 radical (unpaired) electrons. The average Bonchev–Trinajstić information content (AvgIpc) is 2.77. The van der Waals surface area contributed by atoms with Crippen molar-refractivity contribution in [1.82, 2.24) is 4.98 Å². The maximum atomic E-state index is 12.0. The Morgan fingerprint density at radius 3 is 2.89 bits per heavy atom. The molecule has 1 aliphatic heterocycles. The molecule has 1 saturated carbocycles. The number of pyridine rings is 1. The van der Waals surface area contributed by atoms with Crippen molar-refractivity contribution < 1.29 is 14.6 Å². The molecule has 1 aromatic heterocycles. The second kappa shape index (κ2) is 4.81. The first-order valence-corrected chi connectivity index (χ1v) is 6.74. The smallest absolute Gasteiger partial charge is 0.415 e. The summed E-state index contributed by atoms with van der Waals surface area (Å²) in [7, 11) is 0. The van der Waals surface area contributed by atoms with E-state index in [-0.39, 0.29) is 18.3 Å². The van der Waals surface area contributed by atoms with Gasteiger partial charge in [-0.25, -0.2) is 4.79 Å². The van der Waals surface area contributed by atoms with Gasteiger partial charge in [-0.1, -0.05) is 0 Å². The van der Waals surface area contributed by atoms with Crippen LogP contribution >= 0.6 is 0 Å². The van der Waals surface area contributed by atoms with Crippen LogP contribution in [-0.2, 0) is 4.74 Å². The Morgan fingerprint density at radius 1 is 1.47 bits per heavy atom. The molecular weight excluding hydrogens is 244 g/mol. The highest BCUT2D eigenvalue weighted by atomic mass is 16.6. The molecular formula is C14H18N2O3. The molecule has 0 atom stereocenters. The number of anilines is 1. The monoisotopic (exact) mass is 262 g/mol. The van der Waals surface area contributed by atoms with E-state index < -0.39 is 0 Å². The number of carbonyl (C=O) groups is 1. The van der Waals surface area contributed by atoms with Gasteiger partial charge in [0.05, 0.1) is 18.4 Å². The highest BCUT2D eigenvalue weighted by Crippen LogP contribution is 2.40. The molecule has 1 N–H and O–H groups in total. The van der Waals surface area contributed by atoms with Crippen molar-refractivity contribution in [2.24, 2.45) is 5.92 Å².